The Morgan fingerprint density at radius 3 is 2.72 bits per heavy atom. The molecule has 6 heteroatoms. The number of rotatable bonds is 6. The Hall–Kier alpha value is -1.85. The van der Waals surface area contributed by atoms with E-state index >= 15 is 0 Å². The molecule has 6 nitrogen and oxygen atoms in total. The van der Waals surface area contributed by atoms with Crippen LogP contribution in [0.4, 0.5) is 0 Å². The van der Waals surface area contributed by atoms with Crippen molar-refractivity contribution < 1.29 is 14.7 Å². The topological polar surface area (TPSA) is 75.4 Å². The molecule has 2 aliphatic carbocycles. The van der Waals surface area contributed by atoms with Crippen LogP contribution in [-0.2, 0) is 9.59 Å². The second-order valence-corrected chi connectivity index (χ2v) is 4.98. The molecule has 0 aliphatic heterocycles. The predicted molar refractivity (Wildman–Crippen MR) is 61.8 cm³/mol. The van der Waals surface area contributed by atoms with Crippen LogP contribution >= 0.6 is 0 Å². The van der Waals surface area contributed by atoms with E-state index in [1.807, 2.05) is 4.57 Å². The molecule has 1 aromatic heterocycles. The van der Waals surface area contributed by atoms with E-state index in [9.17, 15) is 14.7 Å². The molecule has 0 aromatic carbocycles. The zero-order chi connectivity index (χ0) is 12.7. The highest BCUT2D eigenvalue weighted by molar-refractivity contribution is 5.78. The van der Waals surface area contributed by atoms with E-state index in [0.717, 1.165) is 25.7 Å². The van der Waals surface area contributed by atoms with Crippen molar-refractivity contribution in [1.82, 2.24) is 14.5 Å². The van der Waals surface area contributed by atoms with Crippen molar-refractivity contribution in [2.24, 2.45) is 0 Å². The largest absolute Gasteiger partial charge is 0.479 e. The lowest BCUT2D eigenvalue weighted by molar-refractivity contribution is -0.147. The normalized spacial score (nSPS) is 20.4. The Morgan fingerprint density at radius 1 is 1.50 bits per heavy atom. The van der Waals surface area contributed by atoms with Gasteiger partial charge in [0.1, 0.15) is 0 Å². The van der Waals surface area contributed by atoms with Crippen molar-refractivity contribution in [2.75, 3.05) is 0 Å². The highest BCUT2D eigenvalue weighted by Gasteiger charge is 2.40. The minimum atomic E-state index is -0.989. The van der Waals surface area contributed by atoms with Gasteiger partial charge in [-0.05, 0) is 25.7 Å². The first kappa shape index (κ1) is 11.3. The van der Waals surface area contributed by atoms with Gasteiger partial charge in [0.05, 0.1) is 18.2 Å². The van der Waals surface area contributed by atoms with Crippen molar-refractivity contribution in [1.29, 1.82) is 0 Å². The molecule has 1 atom stereocenters. The van der Waals surface area contributed by atoms with E-state index in [4.69, 9.17) is 0 Å². The Kier molecular flexibility index (Phi) is 2.57. The van der Waals surface area contributed by atoms with Gasteiger partial charge in [-0.2, -0.15) is 0 Å². The molecule has 2 fully saturated rings. The third-order valence-electron chi connectivity index (χ3n) is 3.54. The van der Waals surface area contributed by atoms with Crippen LogP contribution in [0.25, 0.3) is 0 Å². The minimum Gasteiger partial charge on any atom is -0.479 e. The molecular formula is C12H15N3O3. The predicted octanol–water partition coefficient (Wildman–Crippen LogP) is 0.964. The van der Waals surface area contributed by atoms with Crippen LogP contribution in [0.5, 0.6) is 0 Å². The van der Waals surface area contributed by atoms with Gasteiger partial charge in [0.2, 0.25) is 6.41 Å². The molecule has 18 heavy (non-hydrogen) atoms. The van der Waals surface area contributed by atoms with Crippen molar-refractivity contribution in [3.8, 4) is 0 Å². The molecule has 1 aromatic rings. The zero-order valence-corrected chi connectivity index (χ0v) is 9.90. The molecule has 0 saturated heterocycles. The fourth-order valence-corrected chi connectivity index (χ4v) is 2.32. The molecule has 0 radical (unpaired) electrons. The van der Waals surface area contributed by atoms with Crippen molar-refractivity contribution >= 4 is 12.4 Å². The summed E-state index contributed by atoms with van der Waals surface area (Å²) >= 11 is 0. The fourth-order valence-electron chi connectivity index (χ4n) is 2.32. The van der Waals surface area contributed by atoms with Crippen LogP contribution in [-0.4, -0.2) is 38.0 Å². The Morgan fingerprint density at radius 2 is 2.22 bits per heavy atom. The van der Waals surface area contributed by atoms with Gasteiger partial charge in [-0.25, -0.2) is 9.78 Å². The molecule has 3 rings (SSSR count). The van der Waals surface area contributed by atoms with Crippen LogP contribution in [0.15, 0.2) is 12.5 Å². The second kappa shape index (κ2) is 4.12. The van der Waals surface area contributed by atoms with Gasteiger partial charge in [-0.3, -0.25) is 4.79 Å². The monoisotopic (exact) mass is 249 g/mol. The van der Waals surface area contributed by atoms with Gasteiger partial charge in [0.25, 0.3) is 0 Å². The van der Waals surface area contributed by atoms with Crippen LogP contribution in [0.2, 0.25) is 0 Å². The molecule has 1 unspecified atom stereocenters. The lowest BCUT2D eigenvalue weighted by Gasteiger charge is -2.25. The summed E-state index contributed by atoms with van der Waals surface area (Å²) in [6.07, 6.45) is 7.77. The molecule has 0 bridgehead atoms. The maximum Gasteiger partial charge on any atom is 0.332 e. The summed E-state index contributed by atoms with van der Waals surface area (Å²) < 4.78 is 1.90. The summed E-state index contributed by atoms with van der Waals surface area (Å²) in [4.78, 5) is 28.1. The Balaban J connectivity index is 1.94. The first-order valence-electron chi connectivity index (χ1n) is 6.19. The number of nitrogens with zero attached hydrogens (tertiary/aromatic N) is 3. The van der Waals surface area contributed by atoms with Gasteiger partial charge in [-0.1, -0.05) is 0 Å². The number of carbonyl (C=O) groups is 2. The van der Waals surface area contributed by atoms with Gasteiger partial charge < -0.3 is 14.6 Å². The molecule has 1 amide bonds. The average molecular weight is 249 g/mol. The van der Waals surface area contributed by atoms with E-state index in [1.165, 1.54) is 4.90 Å². The van der Waals surface area contributed by atoms with Gasteiger partial charge in [0, 0.05) is 12.1 Å². The van der Waals surface area contributed by atoms with Gasteiger partial charge in [-0.15, -0.1) is 0 Å². The van der Waals surface area contributed by atoms with E-state index in [0.29, 0.717) is 18.1 Å². The molecule has 96 valence electrons. The maximum atomic E-state index is 11.5. The standard InChI is InChI=1S/C12H15N3O3/c16-7-15(9-3-4-9)11(12(17)18)10-5-13-6-14(10)8-1-2-8/h5-9,11H,1-4H2,(H,17,18). The number of aliphatic carboxylic acids is 1. The highest BCUT2D eigenvalue weighted by Crippen LogP contribution is 2.39. The third-order valence-corrected chi connectivity index (χ3v) is 3.54. The number of hydrogen-bond acceptors (Lipinski definition) is 3. The maximum absolute atomic E-state index is 11.5. The van der Waals surface area contributed by atoms with E-state index < -0.39 is 12.0 Å². The SMILES string of the molecule is O=CN(C1CC1)C(C(=O)O)c1cncn1C1CC1. The van der Waals surface area contributed by atoms with Crippen LogP contribution in [0, 0.1) is 0 Å². The van der Waals surface area contributed by atoms with E-state index in [1.54, 1.807) is 12.5 Å². The van der Waals surface area contributed by atoms with Gasteiger partial charge in [0.15, 0.2) is 6.04 Å². The third kappa shape index (κ3) is 1.87. The molecule has 1 heterocycles. The summed E-state index contributed by atoms with van der Waals surface area (Å²) in [5.41, 5.74) is 0.615. The molecule has 1 N–H and O–H groups in total. The fraction of sp³-hybridized carbons (Fsp3) is 0.583. The Labute approximate surface area is 104 Å². The molecule has 2 saturated carbocycles. The van der Waals surface area contributed by atoms with Gasteiger partial charge >= 0.3 is 5.97 Å². The van der Waals surface area contributed by atoms with Crippen molar-refractivity contribution in [2.45, 2.75) is 43.8 Å². The van der Waals surface area contributed by atoms with E-state index in [2.05, 4.69) is 4.98 Å². The molecule has 2 aliphatic rings. The summed E-state index contributed by atoms with van der Waals surface area (Å²) in [6.45, 7) is 0. The summed E-state index contributed by atoms with van der Waals surface area (Å²) in [5.74, 6) is -0.989. The summed E-state index contributed by atoms with van der Waals surface area (Å²) in [6, 6.07) is -0.471. The lowest BCUT2D eigenvalue weighted by atomic mass is 10.2. The molecule has 0 spiro atoms. The second-order valence-electron chi connectivity index (χ2n) is 4.98. The summed E-state index contributed by atoms with van der Waals surface area (Å²) in [7, 11) is 0. The lowest BCUT2D eigenvalue weighted by Crippen LogP contribution is -2.36. The number of hydrogen-bond donors (Lipinski definition) is 1. The van der Waals surface area contributed by atoms with Crippen molar-refractivity contribution in [3.63, 3.8) is 0 Å². The first-order chi connectivity index (χ1) is 8.72. The quantitative estimate of drug-likeness (QED) is 0.762. The Bertz CT molecular complexity index is 477. The van der Waals surface area contributed by atoms with E-state index in [-0.39, 0.29) is 6.04 Å². The van der Waals surface area contributed by atoms with Crippen LogP contribution < -0.4 is 0 Å². The van der Waals surface area contributed by atoms with Crippen LogP contribution in [0.1, 0.15) is 43.5 Å². The van der Waals surface area contributed by atoms with Crippen LogP contribution in [0.3, 0.4) is 0 Å². The number of imidazole rings is 1. The number of carboxylic acids is 1. The number of carbonyl (C=O) groups excluding carboxylic acids is 1. The first-order valence-corrected chi connectivity index (χ1v) is 6.19. The number of amides is 1. The summed E-state index contributed by atoms with van der Waals surface area (Å²) in [5, 5.41) is 9.41. The molecular weight excluding hydrogens is 234 g/mol. The minimum absolute atomic E-state index is 0.0751. The highest BCUT2D eigenvalue weighted by atomic mass is 16.4. The zero-order valence-electron chi connectivity index (χ0n) is 9.90. The number of aromatic nitrogens is 2. The smallest absolute Gasteiger partial charge is 0.332 e. The average Bonchev–Trinajstić information content (AvgIpc) is 3.25. The number of carboxylic acid groups (broad SMARTS) is 1. The van der Waals surface area contributed by atoms with Crippen molar-refractivity contribution in [3.05, 3.63) is 18.2 Å².